The molecule has 5 aliphatic heterocycles. The molecule has 5 fully saturated rings. The molecule has 1 unspecified atom stereocenters. The molecule has 4 aromatic rings. The molecule has 1 aliphatic carbocycles. The molecule has 362 valence electrons. The number of likely N-dealkylation sites (tertiary alicyclic amines) is 3. The highest BCUT2D eigenvalue weighted by molar-refractivity contribution is 6.32. The molecule has 68 heavy (non-hydrogen) atoms. The highest BCUT2D eigenvalue weighted by Gasteiger charge is 2.50. The number of nitrogens with zero attached hydrogens (tertiary/aromatic N) is 8. The smallest absolute Gasteiger partial charge is 0.328 e. The fraction of sp³-hybridized carbons (Fsp3) is 0.542. The third-order valence-electron chi connectivity index (χ3n) is 15.6. The molecule has 16 nitrogen and oxygen atoms in total. The first-order valence-corrected chi connectivity index (χ1v) is 24.4. The lowest BCUT2D eigenvalue weighted by atomic mass is 9.70. The Kier molecular flexibility index (Phi) is 12.5. The van der Waals surface area contributed by atoms with Gasteiger partial charge >= 0.3 is 6.03 Å². The van der Waals surface area contributed by atoms with Gasteiger partial charge in [-0.25, -0.2) is 23.1 Å². The first kappa shape index (κ1) is 46.6. The van der Waals surface area contributed by atoms with Gasteiger partial charge in [0.2, 0.25) is 5.91 Å². The Balaban J connectivity index is 0.761. The van der Waals surface area contributed by atoms with Crippen LogP contribution < -0.4 is 25.8 Å². The average molecular weight is 977 g/mol. The van der Waals surface area contributed by atoms with Crippen LogP contribution >= 0.6 is 23.2 Å². The molecule has 0 radical (unpaired) electrons. The summed E-state index contributed by atoms with van der Waals surface area (Å²) in [6.45, 7) is 5.33. The number of alkyl halides is 2. The molecule has 3 atom stereocenters. The molecule has 20 heteroatoms. The zero-order valence-corrected chi connectivity index (χ0v) is 40.1. The number of carbonyl (C=O) groups is 4. The van der Waals surface area contributed by atoms with Crippen LogP contribution in [0.4, 0.5) is 36.5 Å². The molecular weight excluding hydrogens is 920 g/mol. The number of carbonyl (C=O) groups excluding carboxylic acids is 4. The molecule has 4 saturated heterocycles. The van der Waals surface area contributed by atoms with Crippen LogP contribution in [-0.4, -0.2) is 144 Å². The maximum atomic E-state index is 16.3. The predicted molar refractivity (Wildman–Crippen MR) is 255 cm³/mol. The highest BCUT2D eigenvalue weighted by Crippen LogP contribution is 2.45. The van der Waals surface area contributed by atoms with Gasteiger partial charge in [-0.3, -0.25) is 34.4 Å². The Bertz CT molecular complexity index is 2660. The van der Waals surface area contributed by atoms with E-state index in [4.69, 9.17) is 33.0 Å². The molecular formula is C48H57Cl2F2N11O5. The zero-order chi connectivity index (χ0) is 47.6. The molecule has 1 spiro atoms. The van der Waals surface area contributed by atoms with Crippen LogP contribution in [0, 0.1) is 12.3 Å². The Labute approximate surface area is 403 Å². The van der Waals surface area contributed by atoms with Crippen LogP contribution in [0.5, 0.6) is 0 Å². The minimum absolute atomic E-state index is 0.0199. The number of aromatic nitrogens is 3. The van der Waals surface area contributed by atoms with E-state index >= 15 is 8.78 Å². The number of benzene rings is 2. The zero-order valence-electron chi connectivity index (χ0n) is 38.6. The summed E-state index contributed by atoms with van der Waals surface area (Å²) in [4.78, 5) is 65.3. The Hall–Kier alpha value is -5.14. The number of piperidine rings is 3. The van der Waals surface area contributed by atoms with Gasteiger partial charge in [0.1, 0.15) is 0 Å². The van der Waals surface area contributed by atoms with Crippen LogP contribution in [0.3, 0.4) is 0 Å². The molecule has 5 amide bonds. The quantitative estimate of drug-likeness (QED) is 0.156. The summed E-state index contributed by atoms with van der Waals surface area (Å²) in [5.74, 6) is -3.12. The van der Waals surface area contributed by atoms with E-state index in [1.54, 1.807) is 37.7 Å². The predicted octanol–water partition coefficient (Wildman–Crippen LogP) is 6.66. The molecule has 0 bridgehead atoms. The van der Waals surface area contributed by atoms with Gasteiger partial charge in [-0.1, -0.05) is 23.2 Å². The van der Waals surface area contributed by atoms with E-state index in [9.17, 15) is 19.2 Å². The van der Waals surface area contributed by atoms with E-state index < -0.39 is 18.0 Å². The number of rotatable bonds is 10. The van der Waals surface area contributed by atoms with E-state index in [1.165, 1.54) is 11.1 Å². The van der Waals surface area contributed by atoms with Crippen LogP contribution in [0.2, 0.25) is 10.0 Å². The van der Waals surface area contributed by atoms with Gasteiger partial charge < -0.3 is 25.2 Å². The van der Waals surface area contributed by atoms with Crippen molar-refractivity contribution in [3.05, 3.63) is 74.5 Å². The fourth-order valence-corrected chi connectivity index (χ4v) is 11.8. The van der Waals surface area contributed by atoms with Gasteiger partial charge in [0.15, 0.2) is 17.2 Å². The van der Waals surface area contributed by atoms with Gasteiger partial charge in [0.05, 0.1) is 42.3 Å². The molecule has 3 N–H and O–H groups in total. The first-order valence-electron chi connectivity index (χ1n) is 23.7. The normalized spacial score (nSPS) is 24.0. The van der Waals surface area contributed by atoms with Crippen molar-refractivity contribution in [2.24, 2.45) is 5.41 Å². The Morgan fingerprint density at radius 2 is 1.66 bits per heavy atom. The van der Waals surface area contributed by atoms with Gasteiger partial charge in [0.25, 0.3) is 17.7 Å². The standard InChI is InChI=1S/C48H57Cl2F2N11O5/c1-28-33(50)21-29(22-36(28)62-15-8-42(64)56-46(62)67)45(66)60-18-11-47(12-19-60)9-16-59(17-10-47)40-7-13-58(27-48(40,51)52)26-30-20-31(49)23-37-32(30)6-14-61(37)41-24-35(53-2)43-54-25-38(63(43)57-41)44(65)55-34-4-5-39(34)68-3/h20-25,34,39-40,53H,4-19,26-27H2,1-3H3,(H,55,65)(H,56,64,67)/t34-,39-,40?/m1/s1. The second-order valence-corrected chi connectivity index (χ2v) is 20.2. The lowest BCUT2D eigenvalue weighted by Gasteiger charge is -2.51. The third-order valence-corrected chi connectivity index (χ3v) is 16.2. The van der Waals surface area contributed by atoms with Crippen molar-refractivity contribution in [1.82, 2.24) is 39.9 Å². The number of nitrogens with one attached hydrogen (secondary N) is 3. The van der Waals surface area contributed by atoms with Gasteiger partial charge in [-0.05, 0) is 118 Å². The number of urea groups is 1. The third kappa shape index (κ3) is 8.64. The van der Waals surface area contributed by atoms with E-state index in [-0.39, 0.29) is 54.8 Å². The minimum atomic E-state index is -2.92. The lowest BCUT2D eigenvalue weighted by Crippen LogP contribution is -2.60. The maximum absolute atomic E-state index is 16.3. The van der Waals surface area contributed by atoms with Crippen LogP contribution in [0.1, 0.15) is 88.9 Å². The monoisotopic (exact) mass is 975 g/mol. The van der Waals surface area contributed by atoms with E-state index in [0.717, 1.165) is 55.3 Å². The number of amides is 5. The average Bonchev–Trinajstić information content (AvgIpc) is 3.94. The molecule has 2 aromatic carbocycles. The number of anilines is 4. The number of halogens is 4. The molecule has 10 rings (SSSR count). The molecule has 2 aromatic heterocycles. The SMILES string of the molecule is CNc1cc(N2CCc3c(CN4CCC(N5CCC6(CCN(C(=O)c7cc(Cl)c(C)c(N8CCC(=O)NC8=O)c7)CC6)CC5)C(F)(F)C4)cc(Cl)cc32)nn2c(C(=O)N[C@@H]3CC[C@H]3OC)cnc12. The van der Waals surface area contributed by atoms with Crippen LogP contribution in [-0.2, 0) is 22.5 Å². The number of methoxy groups -OCH3 is 1. The first-order chi connectivity index (χ1) is 32.6. The summed E-state index contributed by atoms with van der Waals surface area (Å²) < 4.78 is 39.7. The van der Waals surface area contributed by atoms with E-state index in [0.29, 0.717) is 108 Å². The van der Waals surface area contributed by atoms with Crippen molar-refractivity contribution >= 4 is 75.5 Å². The van der Waals surface area contributed by atoms with Crippen molar-refractivity contribution in [1.29, 1.82) is 0 Å². The van der Waals surface area contributed by atoms with Gasteiger partial charge in [0, 0.05) is 87.2 Å². The summed E-state index contributed by atoms with van der Waals surface area (Å²) in [6.07, 6.45) is 7.56. The topological polar surface area (TPSA) is 160 Å². The molecule has 6 aliphatic rings. The second-order valence-electron chi connectivity index (χ2n) is 19.4. The number of hydrogen-bond donors (Lipinski definition) is 3. The van der Waals surface area contributed by atoms with E-state index in [2.05, 4.69) is 25.8 Å². The Morgan fingerprint density at radius 1 is 0.912 bits per heavy atom. The van der Waals surface area contributed by atoms with Crippen LogP contribution in [0.25, 0.3) is 5.65 Å². The van der Waals surface area contributed by atoms with E-state index in [1.807, 2.05) is 32.9 Å². The number of fused-ring (bicyclic) bond motifs is 2. The second kappa shape index (κ2) is 18.3. The summed E-state index contributed by atoms with van der Waals surface area (Å²) in [5.41, 5.74) is 5.85. The lowest BCUT2D eigenvalue weighted by molar-refractivity contribution is -0.139. The summed E-state index contributed by atoms with van der Waals surface area (Å²) >= 11 is 13.4. The molecule has 7 heterocycles. The van der Waals surface area contributed by atoms with Gasteiger partial charge in [-0.15, -0.1) is 5.10 Å². The van der Waals surface area contributed by atoms with Crippen molar-refractivity contribution in [2.75, 3.05) is 81.6 Å². The van der Waals surface area contributed by atoms with Crippen molar-refractivity contribution in [3.63, 3.8) is 0 Å². The minimum Gasteiger partial charge on any atom is -0.385 e. The number of ether oxygens (including phenoxy) is 1. The van der Waals surface area contributed by atoms with Crippen molar-refractivity contribution in [2.45, 2.75) is 95.4 Å². The number of imide groups is 1. The number of imidazole rings is 1. The van der Waals surface area contributed by atoms with Crippen molar-refractivity contribution < 1.29 is 32.7 Å². The number of hydrogen-bond acceptors (Lipinski definition) is 11. The maximum Gasteiger partial charge on any atom is 0.328 e. The highest BCUT2D eigenvalue weighted by atomic mass is 35.5. The largest absolute Gasteiger partial charge is 0.385 e. The van der Waals surface area contributed by atoms with Crippen molar-refractivity contribution in [3.8, 4) is 0 Å². The van der Waals surface area contributed by atoms with Gasteiger partial charge in [-0.2, -0.15) is 0 Å². The Morgan fingerprint density at radius 3 is 2.35 bits per heavy atom. The summed E-state index contributed by atoms with van der Waals surface area (Å²) in [7, 11) is 3.44. The fourth-order valence-electron chi connectivity index (χ4n) is 11.4. The summed E-state index contributed by atoms with van der Waals surface area (Å²) in [5, 5.41) is 14.4. The molecule has 1 saturated carbocycles. The summed E-state index contributed by atoms with van der Waals surface area (Å²) in [6, 6.07) is 7.53. The van der Waals surface area contributed by atoms with Crippen LogP contribution in [0.15, 0.2) is 36.5 Å².